The van der Waals surface area contributed by atoms with Crippen molar-refractivity contribution in [3.63, 3.8) is 0 Å². The number of aliphatic hydroxyl groups is 1. The standard InChI is InChI=1S/C18H16N2O5/c21-9-14-16(18(24)13(23)10-25-14)17(11-5-1-2-6-12(11)22)20-15-7-3-4-8-19-15/h1-8,10,17,21-23H,9H2,(H,19,20). The van der Waals surface area contributed by atoms with E-state index in [1.54, 1.807) is 42.6 Å². The molecule has 128 valence electrons. The smallest absolute Gasteiger partial charge is 0.232 e. The fraction of sp³-hybridized carbons (Fsp3) is 0.111. The predicted octanol–water partition coefficient (Wildman–Crippen LogP) is 2.14. The summed E-state index contributed by atoms with van der Waals surface area (Å²) in [5, 5.41) is 32.6. The van der Waals surface area contributed by atoms with Crippen molar-refractivity contribution in [3.8, 4) is 11.5 Å². The lowest BCUT2D eigenvalue weighted by molar-refractivity contribution is 0.238. The Kier molecular flexibility index (Phi) is 4.67. The second-order valence-electron chi connectivity index (χ2n) is 5.30. The van der Waals surface area contributed by atoms with Crippen LogP contribution < -0.4 is 10.7 Å². The van der Waals surface area contributed by atoms with Crippen molar-refractivity contribution in [1.82, 2.24) is 4.98 Å². The van der Waals surface area contributed by atoms with Gasteiger partial charge in [-0.1, -0.05) is 24.3 Å². The second kappa shape index (κ2) is 7.06. The number of hydrogen-bond donors (Lipinski definition) is 4. The molecule has 3 aromatic rings. The van der Waals surface area contributed by atoms with Crippen molar-refractivity contribution in [2.75, 3.05) is 5.32 Å². The van der Waals surface area contributed by atoms with Crippen LogP contribution >= 0.6 is 0 Å². The molecule has 7 heteroatoms. The van der Waals surface area contributed by atoms with Crippen LogP contribution in [0.3, 0.4) is 0 Å². The fourth-order valence-corrected chi connectivity index (χ4v) is 2.56. The lowest BCUT2D eigenvalue weighted by Crippen LogP contribution is -2.23. The summed E-state index contributed by atoms with van der Waals surface area (Å²) in [6.07, 6.45) is 2.45. The maximum Gasteiger partial charge on any atom is 0.232 e. The predicted molar refractivity (Wildman–Crippen MR) is 90.4 cm³/mol. The lowest BCUT2D eigenvalue weighted by atomic mass is 9.96. The van der Waals surface area contributed by atoms with Crippen LogP contribution in [0.15, 0.2) is 64.1 Å². The summed E-state index contributed by atoms with van der Waals surface area (Å²) in [6, 6.07) is 10.8. The number of aromatic hydroxyl groups is 2. The van der Waals surface area contributed by atoms with Crippen molar-refractivity contribution < 1.29 is 19.7 Å². The maximum absolute atomic E-state index is 12.5. The van der Waals surface area contributed by atoms with Crippen LogP contribution in [0.5, 0.6) is 11.5 Å². The number of rotatable bonds is 5. The van der Waals surface area contributed by atoms with Gasteiger partial charge in [0.05, 0.1) is 11.6 Å². The third kappa shape index (κ3) is 3.31. The van der Waals surface area contributed by atoms with Crippen LogP contribution in [0, 0.1) is 0 Å². The van der Waals surface area contributed by atoms with Gasteiger partial charge in [-0.2, -0.15) is 0 Å². The molecule has 0 saturated heterocycles. The second-order valence-corrected chi connectivity index (χ2v) is 5.30. The van der Waals surface area contributed by atoms with E-state index in [1.807, 2.05) is 0 Å². The number of hydrogen-bond acceptors (Lipinski definition) is 7. The Morgan fingerprint density at radius 3 is 2.52 bits per heavy atom. The Morgan fingerprint density at radius 1 is 1.08 bits per heavy atom. The highest BCUT2D eigenvalue weighted by molar-refractivity contribution is 5.49. The molecule has 0 aliphatic rings. The molecule has 25 heavy (non-hydrogen) atoms. The Morgan fingerprint density at radius 2 is 1.84 bits per heavy atom. The zero-order chi connectivity index (χ0) is 17.8. The highest BCUT2D eigenvalue weighted by Gasteiger charge is 2.26. The molecule has 0 aliphatic carbocycles. The van der Waals surface area contributed by atoms with E-state index >= 15 is 0 Å². The zero-order valence-electron chi connectivity index (χ0n) is 13.1. The molecule has 1 atom stereocenters. The first-order valence-electron chi connectivity index (χ1n) is 7.51. The molecule has 0 radical (unpaired) electrons. The number of aliphatic hydroxyl groups excluding tert-OH is 1. The number of pyridine rings is 1. The average molecular weight is 340 g/mol. The molecule has 4 N–H and O–H groups in total. The number of phenols is 1. The largest absolute Gasteiger partial charge is 0.508 e. The number of aromatic nitrogens is 1. The van der Waals surface area contributed by atoms with Gasteiger partial charge in [-0.3, -0.25) is 4.79 Å². The number of nitrogens with zero attached hydrogens (tertiary/aromatic N) is 1. The molecule has 0 spiro atoms. The molecule has 0 amide bonds. The summed E-state index contributed by atoms with van der Waals surface area (Å²) < 4.78 is 5.16. The zero-order valence-corrected chi connectivity index (χ0v) is 13.1. The van der Waals surface area contributed by atoms with Crippen LogP contribution in [0.1, 0.15) is 22.9 Å². The molecule has 0 saturated carbocycles. The van der Waals surface area contributed by atoms with E-state index in [-0.39, 0.29) is 17.1 Å². The van der Waals surface area contributed by atoms with Crippen molar-refractivity contribution >= 4 is 5.82 Å². The third-order valence-corrected chi connectivity index (χ3v) is 3.73. The van der Waals surface area contributed by atoms with Crippen LogP contribution in [-0.2, 0) is 6.61 Å². The van der Waals surface area contributed by atoms with Gasteiger partial charge in [-0.25, -0.2) is 4.98 Å². The van der Waals surface area contributed by atoms with Crippen LogP contribution in [0.4, 0.5) is 5.82 Å². The highest BCUT2D eigenvalue weighted by Crippen LogP contribution is 2.32. The molecular weight excluding hydrogens is 324 g/mol. The van der Waals surface area contributed by atoms with Crippen LogP contribution in [0.2, 0.25) is 0 Å². The fourth-order valence-electron chi connectivity index (χ4n) is 2.56. The van der Waals surface area contributed by atoms with Gasteiger partial charge in [0.2, 0.25) is 5.43 Å². The first-order valence-corrected chi connectivity index (χ1v) is 7.51. The summed E-state index contributed by atoms with van der Waals surface area (Å²) in [4.78, 5) is 16.7. The minimum Gasteiger partial charge on any atom is -0.508 e. The normalized spacial score (nSPS) is 11.9. The SMILES string of the molecule is O=c1c(O)coc(CO)c1C(Nc1ccccn1)c1ccccc1O. The quantitative estimate of drug-likeness (QED) is 0.562. The molecule has 0 aliphatic heterocycles. The van der Waals surface area contributed by atoms with Gasteiger partial charge in [0.15, 0.2) is 5.75 Å². The van der Waals surface area contributed by atoms with Gasteiger partial charge in [-0.15, -0.1) is 0 Å². The number of phenolic OH excluding ortho intramolecular Hbond substituents is 1. The van der Waals surface area contributed by atoms with E-state index in [0.717, 1.165) is 6.26 Å². The first kappa shape index (κ1) is 16.5. The summed E-state index contributed by atoms with van der Waals surface area (Å²) in [5.74, 6) is -0.208. The van der Waals surface area contributed by atoms with Crippen molar-refractivity contribution in [2.45, 2.75) is 12.6 Å². The number of nitrogens with one attached hydrogen (secondary N) is 1. The molecule has 7 nitrogen and oxygen atoms in total. The van der Waals surface area contributed by atoms with Gasteiger partial charge in [0.25, 0.3) is 0 Å². The van der Waals surface area contributed by atoms with E-state index in [4.69, 9.17) is 4.42 Å². The molecule has 3 rings (SSSR count). The van der Waals surface area contributed by atoms with Crippen molar-refractivity contribution in [1.29, 1.82) is 0 Å². The van der Waals surface area contributed by atoms with Gasteiger partial charge in [-0.05, 0) is 18.2 Å². The van der Waals surface area contributed by atoms with E-state index < -0.39 is 23.8 Å². The topological polar surface area (TPSA) is 116 Å². The Balaban J connectivity index is 2.21. The van der Waals surface area contributed by atoms with E-state index in [0.29, 0.717) is 11.4 Å². The monoisotopic (exact) mass is 340 g/mol. The summed E-state index contributed by atoms with van der Waals surface area (Å²) in [5.41, 5.74) is -0.331. The van der Waals surface area contributed by atoms with E-state index in [1.165, 1.54) is 6.07 Å². The molecule has 2 heterocycles. The molecule has 2 aromatic heterocycles. The number of benzene rings is 1. The minimum atomic E-state index is -0.887. The Hall–Kier alpha value is -3.32. The third-order valence-electron chi connectivity index (χ3n) is 3.73. The van der Waals surface area contributed by atoms with Gasteiger partial charge >= 0.3 is 0 Å². The first-order chi connectivity index (χ1) is 12.1. The van der Waals surface area contributed by atoms with Crippen LogP contribution in [-0.4, -0.2) is 20.3 Å². The van der Waals surface area contributed by atoms with Crippen molar-refractivity contribution in [2.24, 2.45) is 0 Å². The van der Waals surface area contributed by atoms with Gasteiger partial charge < -0.3 is 25.1 Å². The van der Waals surface area contributed by atoms with Gasteiger partial charge in [0, 0.05) is 11.8 Å². The van der Waals surface area contributed by atoms with E-state index in [9.17, 15) is 20.1 Å². The highest BCUT2D eigenvalue weighted by atomic mass is 16.4. The Bertz CT molecular complexity index is 924. The van der Waals surface area contributed by atoms with E-state index in [2.05, 4.69) is 10.3 Å². The molecule has 0 fully saturated rings. The molecule has 0 bridgehead atoms. The van der Waals surface area contributed by atoms with Gasteiger partial charge in [0.1, 0.15) is 30.2 Å². The van der Waals surface area contributed by atoms with Crippen LogP contribution in [0.25, 0.3) is 0 Å². The lowest BCUT2D eigenvalue weighted by Gasteiger charge is -2.22. The Labute approximate surface area is 142 Å². The maximum atomic E-state index is 12.5. The number of para-hydroxylation sites is 1. The molecule has 1 aromatic carbocycles. The summed E-state index contributed by atoms with van der Waals surface area (Å²) in [6.45, 7) is -0.543. The molecule has 1 unspecified atom stereocenters. The molecular formula is C18H16N2O5. The average Bonchev–Trinajstić information content (AvgIpc) is 2.64. The summed E-state index contributed by atoms with van der Waals surface area (Å²) in [7, 11) is 0. The minimum absolute atomic E-state index is 0.00495. The summed E-state index contributed by atoms with van der Waals surface area (Å²) >= 11 is 0. The van der Waals surface area contributed by atoms with Crippen molar-refractivity contribution in [3.05, 3.63) is 82.0 Å². The number of anilines is 1.